The van der Waals surface area contributed by atoms with Crippen LogP contribution in [-0.4, -0.2) is 8.94 Å². The van der Waals surface area contributed by atoms with Gasteiger partial charge >= 0.3 is 5.69 Å². The monoisotopic (exact) mass is 192 g/mol. The molecule has 1 heterocycles. The Morgan fingerprint density at radius 1 is 1.31 bits per heavy atom. The van der Waals surface area contributed by atoms with Crippen LogP contribution < -0.4 is 5.69 Å². The van der Waals surface area contributed by atoms with Crippen LogP contribution in [0.15, 0.2) is 35.1 Å². The van der Waals surface area contributed by atoms with Gasteiger partial charge in [0.2, 0.25) is 0 Å². The maximum Gasteiger partial charge on any atom is 0.358 e. The maximum atomic E-state index is 11.1. The summed E-state index contributed by atoms with van der Waals surface area (Å²) in [4.78, 5) is 15.0. The van der Waals surface area contributed by atoms with Crippen molar-refractivity contribution in [2.45, 2.75) is 0 Å². The van der Waals surface area contributed by atoms with Crippen LogP contribution >= 0.6 is 11.5 Å². The fourth-order valence-corrected chi connectivity index (χ4v) is 1.78. The summed E-state index contributed by atoms with van der Waals surface area (Å²) in [6.07, 6.45) is 0. The highest BCUT2D eigenvalue weighted by atomic mass is 32.1. The number of benzene rings is 1. The summed E-state index contributed by atoms with van der Waals surface area (Å²) in [6.45, 7) is 0. The largest absolute Gasteiger partial charge is 0.358 e. The van der Waals surface area contributed by atoms with E-state index in [9.17, 15) is 4.79 Å². The Labute approximate surface area is 79.4 Å². The number of aromatic nitrogens is 2. The smallest absolute Gasteiger partial charge is 0.249 e. The molecule has 0 aliphatic rings. The van der Waals surface area contributed by atoms with Crippen molar-refractivity contribution in [3.05, 3.63) is 40.8 Å². The quantitative estimate of drug-likeness (QED) is 0.686. The minimum Gasteiger partial charge on any atom is -0.249 e. The lowest BCUT2D eigenvalue weighted by atomic mass is 10.2. The van der Waals surface area contributed by atoms with Crippen molar-refractivity contribution >= 4 is 11.5 Å². The Kier molecular flexibility index (Phi) is 1.98. The van der Waals surface area contributed by atoms with E-state index in [0.29, 0.717) is 0 Å². The summed E-state index contributed by atoms with van der Waals surface area (Å²) in [6, 6.07) is 9.69. The maximum absolute atomic E-state index is 11.1. The third kappa shape index (κ3) is 1.53. The molecule has 0 atom stereocenters. The van der Waals surface area contributed by atoms with Crippen molar-refractivity contribution in [1.82, 2.24) is 8.94 Å². The zero-order valence-electron chi connectivity index (χ0n) is 7.10. The van der Waals surface area contributed by atoms with Crippen LogP contribution in [0, 0.1) is 0 Å². The fraction of sp³-hybridized carbons (Fsp3) is 0.111. The molecule has 0 radical (unpaired) electrons. The van der Waals surface area contributed by atoms with E-state index in [4.69, 9.17) is 0 Å². The minimum atomic E-state index is -0.191. The van der Waals surface area contributed by atoms with Gasteiger partial charge in [0.15, 0.2) is 0 Å². The normalized spacial score (nSPS) is 10.2. The molecule has 3 nitrogen and oxygen atoms in total. The van der Waals surface area contributed by atoms with Gasteiger partial charge in [-0.25, -0.2) is 8.75 Å². The van der Waals surface area contributed by atoms with E-state index >= 15 is 0 Å². The molecule has 0 spiro atoms. The van der Waals surface area contributed by atoms with Crippen LogP contribution in [0.4, 0.5) is 0 Å². The Bertz CT molecular complexity index is 458. The average Bonchev–Trinajstić information content (AvgIpc) is 2.49. The van der Waals surface area contributed by atoms with Gasteiger partial charge in [0.05, 0.1) is 0 Å². The SMILES string of the molecule is Cn1sc(-c2ccccc2)nc1=O. The predicted octanol–water partition coefficient (Wildman–Crippen LogP) is 1.51. The Balaban J connectivity index is 2.54. The average molecular weight is 192 g/mol. The molecule has 66 valence electrons. The standard InChI is InChI=1S/C9H8N2OS/c1-11-9(12)10-8(13-11)7-5-3-2-4-6-7/h2-6H,1H3. The molecular formula is C9H8N2OS. The predicted molar refractivity (Wildman–Crippen MR) is 52.8 cm³/mol. The summed E-state index contributed by atoms with van der Waals surface area (Å²) in [5, 5.41) is 0.771. The molecule has 0 unspecified atom stereocenters. The molecule has 4 heteroatoms. The highest BCUT2D eigenvalue weighted by Gasteiger charge is 2.03. The number of aryl methyl sites for hydroxylation is 1. The Hall–Kier alpha value is -1.42. The fourth-order valence-electron chi connectivity index (χ4n) is 1.04. The summed E-state index contributed by atoms with van der Waals surface area (Å²) in [7, 11) is 1.71. The highest BCUT2D eigenvalue weighted by molar-refractivity contribution is 7.09. The summed E-state index contributed by atoms with van der Waals surface area (Å²) < 4.78 is 1.52. The van der Waals surface area contributed by atoms with Crippen LogP contribution in [0.25, 0.3) is 10.6 Å². The lowest BCUT2D eigenvalue weighted by Gasteiger charge is -1.91. The van der Waals surface area contributed by atoms with Crippen molar-refractivity contribution in [2.24, 2.45) is 7.05 Å². The summed E-state index contributed by atoms with van der Waals surface area (Å²) in [5.41, 5.74) is 0.800. The van der Waals surface area contributed by atoms with Crippen molar-refractivity contribution in [3.8, 4) is 10.6 Å². The second kappa shape index (κ2) is 3.14. The Morgan fingerprint density at radius 2 is 2.00 bits per heavy atom. The third-order valence-electron chi connectivity index (χ3n) is 1.71. The Morgan fingerprint density at radius 3 is 2.54 bits per heavy atom. The first kappa shape index (κ1) is 8.19. The molecule has 0 N–H and O–H groups in total. The molecule has 1 aromatic carbocycles. The van der Waals surface area contributed by atoms with Crippen LogP contribution in [0.5, 0.6) is 0 Å². The van der Waals surface area contributed by atoms with Gasteiger partial charge in [-0.05, 0) is 11.5 Å². The van der Waals surface area contributed by atoms with Crippen molar-refractivity contribution in [3.63, 3.8) is 0 Å². The molecule has 0 aliphatic heterocycles. The molecule has 0 aliphatic carbocycles. The van der Waals surface area contributed by atoms with Crippen LogP contribution in [0.1, 0.15) is 0 Å². The second-order valence-corrected chi connectivity index (χ2v) is 3.77. The number of nitrogens with zero attached hydrogens (tertiary/aromatic N) is 2. The van der Waals surface area contributed by atoms with E-state index in [1.54, 1.807) is 7.05 Å². The number of hydrogen-bond donors (Lipinski definition) is 0. The van der Waals surface area contributed by atoms with Gasteiger partial charge < -0.3 is 0 Å². The molecule has 2 rings (SSSR count). The highest BCUT2D eigenvalue weighted by Crippen LogP contribution is 2.18. The van der Waals surface area contributed by atoms with Gasteiger partial charge in [0.25, 0.3) is 0 Å². The molecule has 0 fully saturated rings. The van der Waals surface area contributed by atoms with E-state index in [-0.39, 0.29) is 5.69 Å². The van der Waals surface area contributed by atoms with Crippen LogP contribution in [0.3, 0.4) is 0 Å². The third-order valence-corrected chi connectivity index (χ3v) is 2.64. The van der Waals surface area contributed by atoms with Gasteiger partial charge in [-0.2, -0.15) is 4.98 Å². The molecule has 2 aromatic rings. The summed E-state index contributed by atoms with van der Waals surface area (Å²) in [5.74, 6) is 0. The van der Waals surface area contributed by atoms with E-state index in [0.717, 1.165) is 10.6 Å². The topological polar surface area (TPSA) is 34.9 Å². The summed E-state index contributed by atoms with van der Waals surface area (Å²) >= 11 is 1.36. The van der Waals surface area contributed by atoms with Crippen LogP contribution in [0.2, 0.25) is 0 Å². The van der Waals surface area contributed by atoms with Gasteiger partial charge in [-0.3, -0.25) is 0 Å². The van der Waals surface area contributed by atoms with Gasteiger partial charge in [-0.1, -0.05) is 30.3 Å². The van der Waals surface area contributed by atoms with E-state index in [2.05, 4.69) is 4.98 Å². The van der Waals surface area contributed by atoms with E-state index in [1.165, 1.54) is 15.5 Å². The zero-order valence-corrected chi connectivity index (χ0v) is 7.91. The first-order valence-electron chi connectivity index (χ1n) is 3.87. The van der Waals surface area contributed by atoms with E-state index in [1.807, 2.05) is 30.3 Å². The molecule has 0 amide bonds. The first-order chi connectivity index (χ1) is 6.27. The van der Waals surface area contributed by atoms with Crippen molar-refractivity contribution in [2.75, 3.05) is 0 Å². The van der Waals surface area contributed by atoms with E-state index < -0.39 is 0 Å². The molecule has 1 aromatic heterocycles. The molecule has 13 heavy (non-hydrogen) atoms. The molecule has 0 saturated carbocycles. The van der Waals surface area contributed by atoms with Gasteiger partial charge in [0, 0.05) is 12.6 Å². The second-order valence-electron chi connectivity index (χ2n) is 2.65. The number of hydrogen-bond acceptors (Lipinski definition) is 3. The van der Waals surface area contributed by atoms with Crippen molar-refractivity contribution < 1.29 is 0 Å². The molecule has 0 saturated heterocycles. The van der Waals surface area contributed by atoms with Crippen molar-refractivity contribution in [1.29, 1.82) is 0 Å². The molecular weight excluding hydrogens is 184 g/mol. The van der Waals surface area contributed by atoms with Gasteiger partial charge in [0.1, 0.15) is 5.01 Å². The zero-order chi connectivity index (χ0) is 9.26. The number of rotatable bonds is 1. The lowest BCUT2D eigenvalue weighted by molar-refractivity contribution is 0.933. The first-order valence-corrected chi connectivity index (χ1v) is 4.64. The van der Waals surface area contributed by atoms with Gasteiger partial charge in [-0.15, -0.1) is 0 Å². The molecule has 0 bridgehead atoms. The van der Waals surface area contributed by atoms with Crippen LogP contribution in [-0.2, 0) is 7.05 Å². The lowest BCUT2D eigenvalue weighted by Crippen LogP contribution is -2.10. The minimum absolute atomic E-state index is 0.191.